The molecule has 3 aromatic carbocycles. The molecular formula is C18H13Br2OPS. The quantitative estimate of drug-likeness (QED) is 0.423. The monoisotopic (exact) mass is 466 g/mol. The highest BCUT2D eigenvalue weighted by Gasteiger charge is 2.28. The molecule has 0 heterocycles. The van der Waals surface area contributed by atoms with Crippen LogP contribution in [0.2, 0.25) is 0 Å². The van der Waals surface area contributed by atoms with Gasteiger partial charge in [-0.1, -0.05) is 61.4 Å². The molecule has 0 unspecified atom stereocenters. The maximum Gasteiger partial charge on any atom is 0.199 e. The molecule has 3 rings (SSSR count). The van der Waals surface area contributed by atoms with E-state index in [1.165, 1.54) is 11.4 Å². The molecular weight excluding hydrogens is 455 g/mol. The predicted octanol–water partition coefficient (Wildman–Crippen LogP) is 6.23. The first-order valence-electron chi connectivity index (χ1n) is 6.95. The van der Waals surface area contributed by atoms with Gasteiger partial charge in [0.1, 0.15) is 0 Å². The SMILES string of the molecule is O=P(Sc1ccccc1)(c1ccc(Br)cc1)c1ccc(Br)cc1. The largest absolute Gasteiger partial charge is 0.302 e. The molecule has 23 heavy (non-hydrogen) atoms. The molecule has 0 aliphatic rings. The van der Waals surface area contributed by atoms with E-state index < -0.39 is 6.34 Å². The van der Waals surface area contributed by atoms with Crippen LogP contribution >= 0.6 is 49.6 Å². The van der Waals surface area contributed by atoms with E-state index in [1.807, 2.05) is 78.9 Å². The van der Waals surface area contributed by atoms with Crippen molar-refractivity contribution in [1.29, 1.82) is 0 Å². The minimum absolute atomic E-state index is 0.844. The van der Waals surface area contributed by atoms with Crippen molar-refractivity contribution in [1.82, 2.24) is 0 Å². The summed E-state index contributed by atoms with van der Waals surface area (Å²) in [6.07, 6.45) is -2.81. The van der Waals surface area contributed by atoms with Gasteiger partial charge in [0.05, 0.1) is 0 Å². The zero-order valence-corrected chi connectivity index (χ0v) is 16.9. The van der Waals surface area contributed by atoms with E-state index in [9.17, 15) is 4.57 Å². The molecule has 0 aliphatic heterocycles. The lowest BCUT2D eigenvalue weighted by Gasteiger charge is -2.19. The molecule has 0 amide bonds. The van der Waals surface area contributed by atoms with Gasteiger partial charge >= 0.3 is 0 Å². The Morgan fingerprint density at radius 2 is 1.09 bits per heavy atom. The average molecular weight is 468 g/mol. The summed E-state index contributed by atoms with van der Waals surface area (Å²) in [6, 6.07) is 25.4. The van der Waals surface area contributed by atoms with Gasteiger partial charge in [-0.3, -0.25) is 0 Å². The Bertz CT molecular complexity index is 784. The van der Waals surface area contributed by atoms with Gasteiger partial charge in [0.25, 0.3) is 0 Å². The predicted molar refractivity (Wildman–Crippen MR) is 107 cm³/mol. The molecule has 1 nitrogen and oxygen atoms in total. The third-order valence-electron chi connectivity index (χ3n) is 3.31. The van der Waals surface area contributed by atoms with E-state index >= 15 is 0 Å². The third-order valence-corrected chi connectivity index (χ3v) is 9.73. The normalized spacial score (nSPS) is 11.4. The van der Waals surface area contributed by atoms with E-state index in [4.69, 9.17) is 0 Å². The van der Waals surface area contributed by atoms with Crippen molar-refractivity contribution in [3.63, 3.8) is 0 Å². The second kappa shape index (κ2) is 7.40. The summed E-state index contributed by atoms with van der Waals surface area (Å²) in [5, 5.41) is 1.69. The van der Waals surface area contributed by atoms with Crippen LogP contribution in [-0.4, -0.2) is 0 Å². The van der Waals surface area contributed by atoms with Crippen LogP contribution in [0.4, 0.5) is 0 Å². The molecule has 0 N–H and O–H groups in total. The Balaban J connectivity index is 2.10. The fourth-order valence-corrected chi connectivity index (χ4v) is 7.47. The van der Waals surface area contributed by atoms with Gasteiger partial charge in [0.15, 0.2) is 6.34 Å². The molecule has 0 fully saturated rings. The first kappa shape index (κ1) is 17.0. The number of hydrogen-bond donors (Lipinski definition) is 0. The van der Waals surface area contributed by atoms with Crippen molar-refractivity contribution >= 4 is 60.2 Å². The summed E-state index contributed by atoms with van der Waals surface area (Å²) < 4.78 is 15.9. The summed E-state index contributed by atoms with van der Waals surface area (Å²) in [7, 11) is 0. The summed E-state index contributed by atoms with van der Waals surface area (Å²) in [4.78, 5) is 1.00. The van der Waals surface area contributed by atoms with Crippen LogP contribution in [0, 0.1) is 0 Å². The van der Waals surface area contributed by atoms with Crippen LogP contribution in [0.3, 0.4) is 0 Å². The van der Waals surface area contributed by atoms with Crippen LogP contribution in [0.15, 0.2) is 92.7 Å². The molecule has 0 spiro atoms. The topological polar surface area (TPSA) is 17.1 Å². The highest BCUT2D eigenvalue weighted by Crippen LogP contribution is 2.59. The molecule has 0 saturated carbocycles. The standard InChI is InChI=1S/C18H13Br2OPS/c19-14-6-10-16(11-7-14)22(21,17-12-8-15(20)9-13-17)23-18-4-2-1-3-5-18/h1-13H. The molecule has 0 saturated heterocycles. The molecule has 0 radical (unpaired) electrons. The Morgan fingerprint density at radius 3 is 1.52 bits per heavy atom. The average Bonchev–Trinajstić information content (AvgIpc) is 2.57. The van der Waals surface area contributed by atoms with Gasteiger partial charge in [-0.05, 0) is 60.7 Å². The zero-order chi connectivity index (χ0) is 16.3. The lowest BCUT2D eigenvalue weighted by atomic mass is 10.4. The van der Waals surface area contributed by atoms with Crippen molar-refractivity contribution in [3.8, 4) is 0 Å². The Labute approximate surface area is 156 Å². The first-order valence-corrected chi connectivity index (χ1v) is 11.7. The highest BCUT2D eigenvalue weighted by molar-refractivity contribution is 9.10. The van der Waals surface area contributed by atoms with Gasteiger partial charge in [-0.2, -0.15) is 0 Å². The Morgan fingerprint density at radius 1 is 0.652 bits per heavy atom. The highest BCUT2D eigenvalue weighted by atomic mass is 79.9. The van der Waals surface area contributed by atoms with Gasteiger partial charge in [-0.25, -0.2) is 0 Å². The molecule has 3 aromatic rings. The van der Waals surface area contributed by atoms with Gasteiger partial charge in [-0.15, -0.1) is 0 Å². The maximum atomic E-state index is 13.9. The maximum absolute atomic E-state index is 13.9. The van der Waals surface area contributed by atoms with Crippen LogP contribution in [0.5, 0.6) is 0 Å². The minimum Gasteiger partial charge on any atom is -0.302 e. The second-order valence-electron chi connectivity index (χ2n) is 4.91. The van der Waals surface area contributed by atoms with Crippen LogP contribution in [0.25, 0.3) is 0 Å². The number of benzene rings is 3. The fraction of sp³-hybridized carbons (Fsp3) is 0. The molecule has 0 bridgehead atoms. The van der Waals surface area contributed by atoms with Crippen molar-refractivity contribution in [2.24, 2.45) is 0 Å². The summed E-state index contributed by atoms with van der Waals surface area (Å²) in [5.74, 6) is 0. The van der Waals surface area contributed by atoms with E-state index in [0.717, 1.165) is 24.5 Å². The van der Waals surface area contributed by atoms with Crippen molar-refractivity contribution < 1.29 is 4.57 Å². The Kier molecular flexibility index (Phi) is 5.48. The molecule has 0 aliphatic carbocycles. The lowest BCUT2D eigenvalue weighted by Crippen LogP contribution is -2.13. The van der Waals surface area contributed by atoms with Crippen LogP contribution in [0.1, 0.15) is 0 Å². The fourth-order valence-electron chi connectivity index (χ4n) is 2.16. The smallest absolute Gasteiger partial charge is 0.199 e. The van der Waals surface area contributed by atoms with Crippen molar-refractivity contribution in [2.75, 3.05) is 0 Å². The van der Waals surface area contributed by atoms with Gasteiger partial charge in [0, 0.05) is 24.5 Å². The summed E-state index contributed by atoms with van der Waals surface area (Å²) in [5.41, 5.74) is 0. The third kappa shape index (κ3) is 4.00. The summed E-state index contributed by atoms with van der Waals surface area (Å²) >= 11 is 8.32. The van der Waals surface area contributed by atoms with Crippen LogP contribution < -0.4 is 10.6 Å². The van der Waals surface area contributed by atoms with E-state index in [0.29, 0.717) is 0 Å². The van der Waals surface area contributed by atoms with Crippen molar-refractivity contribution in [3.05, 3.63) is 87.8 Å². The first-order chi connectivity index (χ1) is 11.1. The van der Waals surface area contributed by atoms with E-state index in [-0.39, 0.29) is 0 Å². The van der Waals surface area contributed by atoms with Crippen LogP contribution in [-0.2, 0) is 4.57 Å². The Hall–Kier alpha value is -0.800. The molecule has 116 valence electrons. The lowest BCUT2D eigenvalue weighted by molar-refractivity contribution is 0.595. The van der Waals surface area contributed by atoms with E-state index in [2.05, 4.69) is 31.9 Å². The number of rotatable bonds is 4. The van der Waals surface area contributed by atoms with Crippen molar-refractivity contribution in [2.45, 2.75) is 4.90 Å². The molecule has 0 aromatic heterocycles. The van der Waals surface area contributed by atoms with Gasteiger partial charge in [0.2, 0.25) is 0 Å². The second-order valence-corrected chi connectivity index (χ2v) is 11.6. The zero-order valence-electron chi connectivity index (χ0n) is 12.0. The molecule has 5 heteroatoms. The number of hydrogen-bond acceptors (Lipinski definition) is 2. The van der Waals surface area contributed by atoms with E-state index in [1.54, 1.807) is 0 Å². The summed E-state index contributed by atoms with van der Waals surface area (Å²) in [6.45, 7) is 0. The molecule has 0 atom stereocenters. The minimum atomic E-state index is -2.81. The number of halogens is 2. The van der Waals surface area contributed by atoms with Gasteiger partial charge < -0.3 is 4.57 Å².